The zero-order valence-corrected chi connectivity index (χ0v) is 12.6. The maximum atomic E-state index is 12.7. The van der Waals surface area contributed by atoms with E-state index in [2.05, 4.69) is 0 Å². The van der Waals surface area contributed by atoms with Gasteiger partial charge in [0.15, 0.2) is 0 Å². The quantitative estimate of drug-likeness (QED) is 0.883. The molecule has 0 aliphatic carbocycles. The number of carbonyl (C=O) groups is 1. The van der Waals surface area contributed by atoms with Crippen molar-refractivity contribution in [2.45, 2.75) is 17.9 Å². The van der Waals surface area contributed by atoms with Crippen molar-refractivity contribution < 1.29 is 27.8 Å². The summed E-state index contributed by atoms with van der Waals surface area (Å²) in [5.41, 5.74) is -0.101. The molecule has 0 unspecified atom stereocenters. The normalized spacial score (nSPS) is 20.2. The summed E-state index contributed by atoms with van der Waals surface area (Å²) < 4.78 is 37.0. The molecule has 8 heteroatoms. The highest BCUT2D eigenvalue weighted by atomic mass is 32.2. The van der Waals surface area contributed by atoms with Crippen LogP contribution in [0.4, 0.5) is 0 Å². The molecule has 1 aromatic rings. The van der Waals surface area contributed by atoms with Crippen LogP contribution in [0.1, 0.15) is 17.3 Å². The zero-order chi connectivity index (χ0) is 15.6. The SMILES string of the molecule is COc1ccc(C(=O)O)cc1S(=O)(=O)N1CCO[C@H](C)C1. The lowest BCUT2D eigenvalue weighted by Gasteiger charge is -2.30. The number of rotatable bonds is 4. The molecule has 1 N–H and O–H groups in total. The Kier molecular flexibility index (Phi) is 4.50. The van der Waals surface area contributed by atoms with Crippen LogP contribution in [0.3, 0.4) is 0 Å². The number of carboxylic acids is 1. The smallest absolute Gasteiger partial charge is 0.335 e. The van der Waals surface area contributed by atoms with Crippen molar-refractivity contribution in [3.63, 3.8) is 0 Å². The molecular weight excluding hydrogens is 298 g/mol. The molecule has 1 atom stereocenters. The number of ether oxygens (including phenoxy) is 2. The number of carboxylic acid groups (broad SMARTS) is 1. The summed E-state index contributed by atoms with van der Waals surface area (Å²) in [6.45, 7) is 2.55. The predicted molar refractivity (Wildman–Crippen MR) is 74.1 cm³/mol. The minimum absolute atomic E-state index is 0.101. The maximum absolute atomic E-state index is 12.7. The molecular formula is C13H17NO6S. The summed E-state index contributed by atoms with van der Waals surface area (Å²) in [7, 11) is -2.48. The average Bonchev–Trinajstić information content (AvgIpc) is 2.46. The van der Waals surface area contributed by atoms with Gasteiger partial charge >= 0.3 is 5.97 Å². The van der Waals surface area contributed by atoms with Crippen LogP contribution in [0.15, 0.2) is 23.1 Å². The molecule has 1 heterocycles. The first-order valence-electron chi connectivity index (χ1n) is 6.39. The molecule has 1 saturated heterocycles. The van der Waals surface area contributed by atoms with Crippen LogP contribution < -0.4 is 4.74 Å². The van der Waals surface area contributed by atoms with Crippen molar-refractivity contribution in [2.24, 2.45) is 0 Å². The third-order valence-corrected chi connectivity index (χ3v) is 5.12. The molecule has 0 amide bonds. The fourth-order valence-corrected chi connectivity index (χ4v) is 3.84. The molecule has 0 aromatic heterocycles. The average molecular weight is 315 g/mol. The Balaban J connectivity index is 2.47. The lowest BCUT2D eigenvalue weighted by Crippen LogP contribution is -2.44. The molecule has 0 spiro atoms. The summed E-state index contributed by atoms with van der Waals surface area (Å²) in [5.74, 6) is -1.07. The van der Waals surface area contributed by atoms with Crippen LogP contribution in [0, 0.1) is 0 Å². The van der Waals surface area contributed by atoms with E-state index in [9.17, 15) is 13.2 Å². The molecule has 1 aromatic carbocycles. The van der Waals surface area contributed by atoms with Crippen molar-refractivity contribution in [3.05, 3.63) is 23.8 Å². The third kappa shape index (κ3) is 3.17. The molecule has 0 saturated carbocycles. The van der Waals surface area contributed by atoms with Crippen LogP contribution in [0.2, 0.25) is 0 Å². The van der Waals surface area contributed by atoms with Gasteiger partial charge in [-0.05, 0) is 25.1 Å². The Morgan fingerprint density at radius 2 is 2.19 bits per heavy atom. The first kappa shape index (κ1) is 15.7. The van der Waals surface area contributed by atoms with Gasteiger partial charge in [0.25, 0.3) is 0 Å². The number of aromatic carboxylic acids is 1. The highest BCUT2D eigenvalue weighted by Gasteiger charge is 2.32. The lowest BCUT2D eigenvalue weighted by atomic mass is 10.2. The Bertz CT molecular complexity index is 642. The first-order valence-corrected chi connectivity index (χ1v) is 7.83. The summed E-state index contributed by atoms with van der Waals surface area (Å²) >= 11 is 0. The van der Waals surface area contributed by atoms with Gasteiger partial charge in [-0.3, -0.25) is 0 Å². The van der Waals surface area contributed by atoms with Gasteiger partial charge in [-0.2, -0.15) is 4.31 Å². The van der Waals surface area contributed by atoms with Gasteiger partial charge in [0.1, 0.15) is 10.6 Å². The van der Waals surface area contributed by atoms with Gasteiger partial charge in [-0.15, -0.1) is 0 Å². The summed E-state index contributed by atoms with van der Waals surface area (Å²) in [5, 5.41) is 9.02. The van der Waals surface area contributed by atoms with Crippen LogP contribution in [-0.4, -0.2) is 56.7 Å². The van der Waals surface area contributed by atoms with E-state index in [1.54, 1.807) is 6.92 Å². The number of nitrogens with zero attached hydrogens (tertiary/aromatic N) is 1. The molecule has 1 aliphatic rings. The van der Waals surface area contributed by atoms with Crippen molar-refractivity contribution in [1.29, 1.82) is 0 Å². The molecule has 116 valence electrons. The molecule has 1 aliphatic heterocycles. The monoisotopic (exact) mass is 315 g/mol. The summed E-state index contributed by atoms with van der Waals surface area (Å²) in [6.07, 6.45) is -0.206. The van der Waals surface area contributed by atoms with E-state index >= 15 is 0 Å². The highest BCUT2D eigenvalue weighted by molar-refractivity contribution is 7.89. The Labute approximate surface area is 123 Å². The molecule has 1 fully saturated rings. The van der Waals surface area contributed by atoms with Gasteiger partial charge in [0, 0.05) is 13.1 Å². The van der Waals surface area contributed by atoms with Crippen LogP contribution in [0.25, 0.3) is 0 Å². The maximum Gasteiger partial charge on any atom is 0.335 e. The summed E-state index contributed by atoms with van der Waals surface area (Å²) in [4.78, 5) is 10.9. The fourth-order valence-electron chi connectivity index (χ4n) is 2.16. The second-order valence-electron chi connectivity index (χ2n) is 4.72. The van der Waals surface area contributed by atoms with Gasteiger partial charge in [-0.1, -0.05) is 0 Å². The number of benzene rings is 1. The lowest BCUT2D eigenvalue weighted by molar-refractivity contribution is 0.0101. The van der Waals surface area contributed by atoms with Crippen LogP contribution in [-0.2, 0) is 14.8 Å². The van der Waals surface area contributed by atoms with Crippen molar-refractivity contribution in [2.75, 3.05) is 26.8 Å². The minimum atomic E-state index is -3.83. The summed E-state index contributed by atoms with van der Waals surface area (Å²) in [6, 6.07) is 3.78. The van der Waals surface area contributed by atoms with E-state index in [-0.39, 0.29) is 35.4 Å². The van der Waals surface area contributed by atoms with Crippen molar-refractivity contribution >= 4 is 16.0 Å². The number of sulfonamides is 1. The van der Waals surface area contributed by atoms with E-state index in [1.807, 2.05) is 0 Å². The van der Waals surface area contributed by atoms with Gasteiger partial charge in [0.2, 0.25) is 10.0 Å². The molecule has 0 bridgehead atoms. The zero-order valence-electron chi connectivity index (χ0n) is 11.8. The second-order valence-corrected chi connectivity index (χ2v) is 6.62. The van der Waals surface area contributed by atoms with Crippen molar-refractivity contribution in [3.8, 4) is 5.75 Å². The van der Waals surface area contributed by atoms with E-state index in [1.165, 1.54) is 23.5 Å². The van der Waals surface area contributed by atoms with E-state index < -0.39 is 16.0 Å². The van der Waals surface area contributed by atoms with E-state index in [4.69, 9.17) is 14.6 Å². The third-order valence-electron chi connectivity index (χ3n) is 3.23. The standard InChI is InChI=1S/C13H17NO6S/c1-9-8-14(5-6-20-9)21(17,18)12-7-10(13(15)16)3-4-11(12)19-2/h3-4,7,9H,5-6,8H2,1-2H3,(H,15,16)/t9-/m1/s1. The largest absolute Gasteiger partial charge is 0.495 e. The molecule has 7 nitrogen and oxygen atoms in total. The molecule has 0 radical (unpaired) electrons. The topological polar surface area (TPSA) is 93.1 Å². The van der Waals surface area contributed by atoms with E-state index in [0.717, 1.165) is 6.07 Å². The van der Waals surface area contributed by atoms with Crippen molar-refractivity contribution in [1.82, 2.24) is 4.31 Å². The Morgan fingerprint density at radius 3 is 2.76 bits per heavy atom. The van der Waals surface area contributed by atoms with Gasteiger partial charge in [-0.25, -0.2) is 13.2 Å². The Morgan fingerprint density at radius 1 is 1.48 bits per heavy atom. The second kappa shape index (κ2) is 6.00. The molecule has 2 rings (SSSR count). The first-order chi connectivity index (χ1) is 9.86. The fraction of sp³-hybridized carbons (Fsp3) is 0.462. The number of methoxy groups -OCH3 is 1. The predicted octanol–water partition coefficient (Wildman–Crippen LogP) is 0.803. The van der Waals surface area contributed by atoms with Crippen LogP contribution in [0.5, 0.6) is 5.75 Å². The van der Waals surface area contributed by atoms with Crippen LogP contribution >= 0.6 is 0 Å². The minimum Gasteiger partial charge on any atom is -0.495 e. The number of hydrogen-bond acceptors (Lipinski definition) is 5. The number of morpholine rings is 1. The van der Waals surface area contributed by atoms with E-state index in [0.29, 0.717) is 6.61 Å². The molecule has 21 heavy (non-hydrogen) atoms. The Hall–Kier alpha value is -1.64. The number of hydrogen-bond donors (Lipinski definition) is 1. The highest BCUT2D eigenvalue weighted by Crippen LogP contribution is 2.28. The van der Waals surface area contributed by atoms with Gasteiger partial charge < -0.3 is 14.6 Å². The van der Waals surface area contributed by atoms with Gasteiger partial charge in [0.05, 0.1) is 25.4 Å².